The van der Waals surface area contributed by atoms with Crippen molar-refractivity contribution in [2.24, 2.45) is 0 Å². The van der Waals surface area contributed by atoms with Crippen molar-refractivity contribution in [1.29, 1.82) is 0 Å². The summed E-state index contributed by atoms with van der Waals surface area (Å²) in [6.45, 7) is 1.24. The fraction of sp³-hybridized carbons (Fsp3) is 0.533. The average Bonchev–Trinajstić information content (AvgIpc) is 2.46. The van der Waals surface area contributed by atoms with Crippen molar-refractivity contribution in [3.05, 3.63) is 29.8 Å². The predicted molar refractivity (Wildman–Crippen MR) is 76.7 cm³/mol. The Kier molecular flexibility index (Phi) is 7.04. The molecule has 5 heteroatoms. The van der Waals surface area contributed by atoms with Crippen molar-refractivity contribution >= 4 is 5.97 Å². The number of carbonyl (C=O) groups excluding carboxylic acids is 1. The highest BCUT2D eigenvalue weighted by molar-refractivity contribution is 5.69. The number of hydrogen-bond acceptors (Lipinski definition) is 5. The van der Waals surface area contributed by atoms with Crippen LogP contribution in [0.1, 0.15) is 24.5 Å². The maximum atomic E-state index is 11.0. The summed E-state index contributed by atoms with van der Waals surface area (Å²) in [5, 5.41) is 10.2. The lowest BCUT2D eigenvalue weighted by atomic mass is 10.1. The van der Waals surface area contributed by atoms with Gasteiger partial charge < -0.3 is 19.5 Å². The standard InChI is InChI=1S/C15H23NO4/c1-16(9-5-8-15(18)20-3)11-14(17)12-6-4-7-13(10-12)19-2/h4,6-7,10,14,17H,5,8-9,11H2,1-3H3. The Bertz CT molecular complexity index is 422. The number of aliphatic hydroxyl groups excluding tert-OH is 1. The summed E-state index contributed by atoms with van der Waals surface area (Å²) in [6, 6.07) is 7.40. The highest BCUT2D eigenvalue weighted by Crippen LogP contribution is 2.19. The quantitative estimate of drug-likeness (QED) is 0.734. The maximum Gasteiger partial charge on any atom is 0.305 e. The normalized spacial score (nSPS) is 12.2. The molecule has 0 amide bonds. The molecule has 0 aliphatic heterocycles. The van der Waals surface area contributed by atoms with Crippen molar-refractivity contribution in [1.82, 2.24) is 4.90 Å². The van der Waals surface area contributed by atoms with Crippen molar-refractivity contribution in [2.45, 2.75) is 18.9 Å². The van der Waals surface area contributed by atoms with Crippen molar-refractivity contribution in [2.75, 3.05) is 34.4 Å². The molecule has 0 aromatic heterocycles. The number of esters is 1. The number of carbonyl (C=O) groups is 1. The van der Waals surface area contributed by atoms with E-state index >= 15 is 0 Å². The summed E-state index contributed by atoms with van der Waals surface area (Å²) in [5.41, 5.74) is 0.823. The largest absolute Gasteiger partial charge is 0.497 e. The molecule has 0 fully saturated rings. The van der Waals surface area contributed by atoms with Gasteiger partial charge in [0, 0.05) is 13.0 Å². The van der Waals surface area contributed by atoms with Gasteiger partial charge in [0.25, 0.3) is 0 Å². The first-order valence-corrected chi connectivity index (χ1v) is 6.64. The number of benzene rings is 1. The van der Waals surface area contributed by atoms with Gasteiger partial charge in [0.2, 0.25) is 0 Å². The Hall–Kier alpha value is -1.59. The molecule has 0 aliphatic rings. The third-order valence-corrected chi connectivity index (χ3v) is 3.11. The molecule has 1 unspecified atom stereocenters. The second-order valence-electron chi connectivity index (χ2n) is 4.73. The fourth-order valence-electron chi connectivity index (χ4n) is 1.94. The van der Waals surface area contributed by atoms with Crippen LogP contribution in [0.25, 0.3) is 0 Å². The number of likely N-dealkylation sites (N-methyl/N-ethyl adjacent to an activating group) is 1. The summed E-state index contributed by atoms with van der Waals surface area (Å²) in [6.07, 6.45) is 0.539. The van der Waals surface area contributed by atoms with E-state index in [2.05, 4.69) is 4.74 Å². The molecular formula is C15H23NO4. The van der Waals surface area contributed by atoms with Crippen LogP contribution in [-0.2, 0) is 9.53 Å². The molecule has 1 aromatic rings. The van der Waals surface area contributed by atoms with E-state index in [1.807, 2.05) is 36.2 Å². The van der Waals surface area contributed by atoms with Crippen LogP contribution in [0.5, 0.6) is 5.75 Å². The maximum absolute atomic E-state index is 11.0. The Labute approximate surface area is 120 Å². The van der Waals surface area contributed by atoms with E-state index in [4.69, 9.17) is 4.74 Å². The molecular weight excluding hydrogens is 258 g/mol. The molecule has 1 atom stereocenters. The van der Waals surface area contributed by atoms with Crippen LogP contribution in [0, 0.1) is 0 Å². The lowest BCUT2D eigenvalue weighted by molar-refractivity contribution is -0.140. The van der Waals surface area contributed by atoms with Crippen LogP contribution in [0.15, 0.2) is 24.3 Å². The molecule has 20 heavy (non-hydrogen) atoms. The Morgan fingerprint density at radius 1 is 1.40 bits per heavy atom. The van der Waals surface area contributed by atoms with Gasteiger partial charge in [-0.3, -0.25) is 4.79 Å². The fourth-order valence-corrected chi connectivity index (χ4v) is 1.94. The molecule has 0 saturated heterocycles. The second-order valence-corrected chi connectivity index (χ2v) is 4.73. The van der Waals surface area contributed by atoms with Crippen LogP contribution < -0.4 is 4.74 Å². The summed E-state index contributed by atoms with van der Waals surface area (Å²) >= 11 is 0. The zero-order valence-corrected chi connectivity index (χ0v) is 12.3. The average molecular weight is 281 g/mol. The summed E-state index contributed by atoms with van der Waals surface area (Å²) in [7, 11) is 4.91. The van der Waals surface area contributed by atoms with Crippen molar-refractivity contribution in [3.63, 3.8) is 0 Å². The minimum absolute atomic E-state index is 0.202. The highest BCUT2D eigenvalue weighted by atomic mass is 16.5. The molecule has 5 nitrogen and oxygen atoms in total. The minimum atomic E-state index is -0.576. The molecule has 0 radical (unpaired) electrons. The van der Waals surface area contributed by atoms with Gasteiger partial charge >= 0.3 is 5.97 Å². The Balaban J connectivity index is 2.40. The van der Waals surface area contributed by atoms with Crippen LogP contribution >= 0.6 is 0 Å². The van der Waals surface area contributed by atoms with Crippen LogP contribution in [0.2, 0.25) is 0 Å². The highest BCUT2D eigenvalue weighted by Gasteiger charge is 2.12. The molecule has 112 valence electrons. The summed E-state index contributed by atoms with van der Waals surface area (Å²) in [4.78, 5) is 13.0. The third-order valence-electron chi connectivity index (χ3n) is 3.11. The minimum Gasteiger partial charge on any atom is -0.497 e. The number of hydrogen-bond donors (Lipinski definition) is 1. The smallest absolute Gasteiger partial charge is 0.305 e. The van der Waals surface area contributed by atoms with Gasteiger partial charge in [-0.05, 0) is 37.7 Å². The van der Waals surface area contributed by atoms with Gasteiger partial charge in [-0.2, -0.15) is 0 Å². The SMILES string of the molecule is COC(=O)CCCN(C)CC(O)c1cccc(OC)c1. The zero-order valence-electron chi connectivity index (χ0n) is 12.3. The number of methoxy groups -OCH3 is 2. The molecule has 0 saturated carbocycles. The van der Waals surface area contributed by atoms with Gasteiger partial charge in [-0.15, -0.1) is 0 Å². The third kappa shape index (κ3) is 5.59. The topological polar surface area (TPSA) is 59.0 Å². The van der Waals surface area contributed by atoms with Crippen molar-refractivity contribution < 1.29 is 19.4 Å². The number of ether oxygens (including phenoxy) is 2. The first-order chi connectivity index (χ1) is 9.56. The Morgan fingerprint density at radius 2 is 2.15 bits per heavy atom. The second kappa shape index (κ2) is 8.55. The van der Waals surface area contributed by atoms with E-state index in [1.54, 1.807) is 7.11 Å². The van der Waals surface area contributed by atoms with Gasteiger partial charge in [-0.1, -0.05) is 12.1 Å². The lowest BCUT2D eigenvalue weighted by Crippen LogP contribution is -2.26. The number of aliphatic hydroxyl groups is 1. The van der Waals surface area contributed by atoms with Crippen molar-refractivity contribution in [3.8, 4) is 5.75 Å². The Morgan fingerprint density at radius 3 is 2.80 bits per heavy atom. The number of rotatable bonds is 8. The lowest BCUT2D eigenvalue weighted by Gasteiger charge is -2.20. The molecule has 0 heterocycles. The van der Waals surface area contributed by atoms with Gasteiger partial charge in [-0.25, -0.2) is 0 Å². The predicted octanol–water partition coefficient (Wildman–Crippen LogP) is 1.61. The molecule has 1 rings (SSSR count). The monoisotopic (exact) mass is 281 g/mol. The molecule has 0 spiro atoms. The molecule has 0 aliphatic carbocycles. The first-order valence-electron chi connectivity index (χ1n) is 6.64. The number of nitrogens with zero attached hydrogens (tertiary/aromatic N) is 1. The van der Waals surface area contributed by atoms with E-state index in [-0.39, 0.29) is 5.97 Å². The molecule has 1 aromatic carbocycles. The van der Waals surface area contributed by atoms with Crippen LogP contribution in [0.4, 0.5) is 0 Å². The van der Waals surface area contributed by atoms with Gasteiger partial charge in [0.05, 0.1) is 20.3 Å². The zero-order chi connectivity index (χ0) is 15.0. The summed E-state index contributed by atoms with van der Waals surface area (Å²) in [5.74, 6) is 0.529. The summed E-state index contributed by atoms with van der Waals surface area (Å²) < 4.78 is 9.72. The van der Waals surface area contributed by atoms with Crippen LogP contribution in [-0.4, -0.2) is 50.3 Å². The van der Waals surface area contributed by atoms with E-state index in [0.29, 0.717) is 19.4 Å². The van der Waals surface area contributed by atoms with Gasteiger partial charge in [0.15, 0.2) is 0 Å². The van der Waals surface area contributed by atoms with E-state index < -0.39 is 6.10 Å². The molecule has 1 N–H and O–H groups in total. The first kappa shape index (κ1) is 16.5. The van der Waals surface area contributed by atoms with E-state index in [9.17, 15) is 9.90 Å². The molecule has 0 bridgehead atoms. The van der Waals surface area contributed by atoms with E-state index in [1.165, 1.54) is 7.11 Å². The van der Waals surface area contributed by atoms with Gasteiger partial charge in [0.1, 0.15) is 5.75 Å². The van der Waals surface area contributed by atoms with Crippen LogP contribution in [0.3, 0.4) is 0 Å². The van der Waals surface area contributed by atoms with E-state index in [0.717, 1.165) is 17.9 Å².